The predicted molar refractivity (Wildman–Crippen MR) is 182 cm³/mol. The van der Waals surface area contributed by atoms with Gasteiger partial charge in [-0.25, -0.2) is 4.39 Å². The second kappa shape index (κ2) is 16.5. The smallest absolute Gasteiger partial charge is 0.222 e. The zero-order chi connectivity index (χ0) is 31.8. The van der Waals surface area contributed by atoms with Gasteiger partial charge in [0, 0.05) is 25.4 Å². The molecule has 2 N–H and O–H groups in total. The van der Waals surface area contributed by atoms with Crippen LogP contribution in [0.1, 0.15) is 159 Å². The summed E-state index contributed by atoms with van der Waals surface area (Å²) < 4.78 is 16.1. The summed E-state index contributed by atoms with van der Waals surface area (Å²) >= 11 is 0. The molecule has 3 saturated carbocycles. The van der Waals surface area contributed by atoms with Crippen molar-refractivity contribution >= 4 is 5.91 Å². The SMILES string of the molecule is CCCCCCCCN(CCCCC[C@@H]1Cc2cc(O)ccc2[C@@H]2[C@@H]1[C@@H]1CC[C@H](O)[C@@]1(C)C[C@@H]2F)C(=O)CCC1CCCCC1. The molecule has 1 aromatic rings. The Hall–Kier alpha value is -1.62. The van der Waals surface area contributed by atoms with Crippen LogP contribution >= 0.6 is 0 Å². The molecule has 3 fully saturated rings. The molecule has 1 amide bonds. The van der Waals surface area contributed by atoms with Gasteiger partial charge in [-0.3, -0.25) is 4.79 Å². The van der Waals surface area contributed by atoms with E-state index in [9.17, 15) is 15.0 Å². The number of phenolic OH excluding ortho intramolecular Hbond substituents is 1. The Morgan fingerprint density at radius 1 is 0.933 bits per heavy atom. The molecule has 5 rings (SSSR count). The number of alkyl halides is 1. The Morgan fingerprint density at radius 3 is 2.40 bits per heavy atom. The van der Waals surface area contributed by atoms with Gasteiger partial charge in [0.2, 0.25) is 5.91 Å². The van der Waals surface area contributed by atoms with Crippen LogP contribution < -0.4 is 0 Å². The first kappa shape index (κ1) is 34.7. The third-order valence-electron chi connectivity index (χ3n) is 12.9. The zero-order valence-electron chi connectivity index (χ0n) is 28.7. The number of aliphatic hydroxyl groups is 1. The third-order valence-corrected chi connectivity index (χ3v) is 12.9. The van der Waals surface area contributed by atoms with Gasteiger partial charge >= 0.3 is 0 Å². The number of carbonyl (C=O) groups is 1. The normalized spacial score (nSPS) is 31.3. The molecule has 0 spiro atoms. The quantitative estimate of drug-likeness (QED) is 0.180. The highest BCUT2D eigenvalue weighted by Gasteiger charge is 2.59. The number of hydrogen-bond acceptors (Lipinski definition) is 3. The number of aliphatic hydroxyl groups excluding tert-OH is 1. The van der Waals surface area contributed by atoms with Crippen molar-refractivity contribution in [1.29, 1.82) is 0 Å². The highest BCUT2D eigenvalue weighted by molar-refractivity contribution is 5.76. The molecule has 1 aromatic carbocycles. The first-order valence-corrected chi connectivity index (χ1v) is 19.2. The number of halogens is 1. The highest BCUT2D eigenvalue weighted by Crippen LogP contribution is 2.63. The van der Waals surface area contributed by atoms with E-state index < -0.39 is 12.3 Å². The Morgan fingerprint density at radius 2 is 1.64 bits per heavy atom. The first-order chi connectivity index (χ1) is 21.8. The minimum Gasteiger partial charge on any atom is -0.508 e. The second-order valence-electron chi connectivity index (χ2n) is 15.9. The van der Waals surface area contributed by atoms with Gasteiger partial charge in [-0.2, -0.15) is 0 Å². The van der Waals surface area contributed by atoms with Crippen molar-refractivity contribution in [2.75, 3.05) is 13.1 Å². The molecule has 254 valence electrons. The summed E-state index contributed by atoms with van der Waals surface area (Å²) in [5, 5.41) is 21.2. The number of aromatic hydroxyl groups is 1. The lowest BCUT2D eigenvalue weighted by atomic mass is 9.51. The second-order valence-corrected chi connectivity index (χ2v) is 15.9. The number of carbonyl (C=O) groups excluding carboxylic acids is 1. The van der Waals surface area contributed by atoms with E-state index in [-0.39, 0.29) is 23.0 Å². The lowest BCUT2D eigenvalue weighted by molar-refractivity contribution is -0.131. The molecule has 4 aliphatic carbocycles. The van der Waals surface area contributed by atoms with Gasteiger partial charge in [0.05, 0.1) is 6.10 Å². The molecule has 0 unspecified atom stereocenters. The predicted octanol–water partition coefficient (Wildman–Crippen LogP) is 9.89. The molecular weight excluding hydrogens is 561 g/mol. The minimum absolute atomic E-state index is 0.127. The molecule has 0 saturated heterocycles. The Bertz CT molecular complexity index is 1070. The van der Waals surface area contributed by atoms with Gasteiger partial charge in [0.25, 0.3) is 0 Å². The van der Waals surface area contributed by atoms with Gasteiger partial charge < -0.3 is 15.1 Å². The number of hydrogen-bond donors (Lipinski definition) is 2. The van der Waals surface area contributed by atoms with Gasteiger partial charge in [-0.1, -0.05) is 97.0 Å². The number of rotatable bonds is 16. The molecule has 0 aromatic heterocycles. The summed E-state index contributed by atoms with van der Waals surface area (Å²) in [6.07, 6.45) is 21.9. The standard InChI is InChI=1S/C40H64FNO3/c1-3-4-5-6-7-13-24-42(37(45)23-18-29-15-10-8-11-16-29)25-14-9-12-17-30-26-31-27-32(43)19-20-33(31)39-35(41)28-40(2)34(38(30)39)21-22-36(40)44/h19-20,27,29-30,34-36,38-39,43-44H,3-18,21-26,28H2,1-2H3/t30-,34+,35+,36+,38+,39+,40+/m1/s1. The lowest BCUT2D eigenvalue weighted by Gasteiger charge is -2.54. The first-order valence-electron chi connectivity index (χ1n) is 19.2. The maximum atomic E-state index is 16.1. The summed E-state index contributed by atoms with van der Waals surface area (Å²) in [7, 11) is 0. The monoisotopic (exact) mass is 625 g/mol. The number of phenols is 1. The van der Waals surface area contributed by atoms with Crippen molar-refractivity contribution in [2.24, 2.45) is 29.1 Å². The number of unbranched alkanes of at least 4 members (excludes halogenated alkanes) is 7. The molecule has 4 nitrogen and oxygen atoms in total. The third kappa shape index (κ3) is 8.46. The minimum atomic E-state index is -0.953. The molecule has 0 aliphatic heterocycles. The van der Waals surface area contributed by atoms with Gasteiger partial charge in [0.15, 0.2) is 0 Å². The molecular formula is C40H64FNO3. The Kier molecular flexibility index (Phi) is 12.7. The maximum Gasteiger partial charge on any atom is 0.222 e. The van der Waals surface area contributed by atoms with E-state index >= 15 is 4.39 Å². The molecule has 7 atom stereocenters. The van der Waals surface area contributed by atoms with E-state index in [2.05, 4.69) is 18.7 Å². The van der Waals surface area contributed by atoms with Crippen molar-refractivity contribution in [3.63, 3.8) is 0 Å². The van der Waals surface area contributed by atoms with Crippen LogP contribution in [0.4, 0.5) is 4.39 Å². The molecule has 0 radical (unpaired) electrons. The molecule has 45 heavy (non-hydrogen) atoms. The lowest BCUT2D eigenvalue weighted by Crippen LogP contribution is -2.51. The number of amides is 1. The van der Waals surface area contributed by atoms with Crippen LogP contribution in [-0.2, 0) is 11.2 Å². The van der Waals surface area contributed by atoms with Crippen molar-refractivity contribution in [2.45, 2.75) is 167 Å². The van der Waals surface area contributed by atoms with Crippen LogP contribution in [0, 0.1) is 29.1 Å². The summed E-state index contributed by atoms with van der Waals surface area (Å²) in [4.78, 5) is 15.6. The average Bonchev–Trinajstić information content (AvgIpc) is 3.33. The van der Waals surface area contributed by atoms with Crippen LogP contribution in [0.15, 0.2) is 18.2 Å². The zero-order valence-corrected chi connectivity index (χ0v) is 28.7. The molecule has 0 bridgehead atoms. The van der Waals surface area contributed by atoms with E-state index in [1.54, 1.807) is 6.07 Å². The summed E-state index contributed by atoms with van der Waals surface area (Å²) in [6.45, 7) is 6.17. The van der Waals surface area contributed by atoms with Gasteiger partial charge in [0.1, 0.15) is 11.9 Å². The molecule has 0 heterocycles. The maximum absolute atomic E-state index is 16.1. The Labute approximate surface area is 273 Å². The molecule has 4 aliphatic rings. The fraction of sp³-hybridized carbons (Fsp3) is 0.825. The number of benzene rings is 1. The summed E-state index contributed by atoms with van der Waals surface area (Å²) in [6, 6.07) is 5.58. The number of nitrogens with zero attached hydrogens (tertiary/aromatic N) is 1. The van der Waals surface area contributed by atoms with Gasteiger partial charge in [-0.05, 0) is 104 Å². The number of fused-ring (bicyclic) bond motifs is 5. The largest absolute Gasteiger partial charge is 0.508 e. The highest BCUT2D eigenvalue weighted by atomic mass is 19.1. The van der Waals surface area contributed by atoms with Crippen molar-refractivity contribution in [3.05, 3.63) is 29.3 Å². The fourth-order valence-electron chi connectivity index (χ4n) is 10.3. The van der Waals surface area contributed by atoms with E-state index in [1.165, 1.54) is 64.2 Å². The van der Waals surface area contributed by atoms with Crippen molar-refractivity contribution < 1.29 is 19.4 Å². The van der Waals surface area contributed by atoms with Crippen molar-refractivity contribution in [1.82, 2.24) is 4.90 Å². The Balaban J connectivity index is 1.16. The van der Waals surface area contributed by atoms with Crippen molar-refractivity contribution in [3.8, 4) is 5.75 Å². The molecule has 5 heteroatoms. The van der Waals surface area contributed by atoms with E-state index in [1.807, 2.05) is 12.1 Å². The summed E-state index contributed by atoms with van der Waals surface area (Å²) in [5.74, 6) is 2.24. The van der Waals surface area contributed by atoms with E-state index in [0.29, 0.717) is 30.6 Å². The van der Waals surface area contributed by atoms with Crippen LogP contribution in [0.3, 0.4) is 0 Å². The topological polar surface area (TPSA) is 60.8 Å². The van der Waals surface area contributed by atoms with Crippen LogP contribution in [0.25, 0.3) is 0 Å². The van der Waals surface area contributed by atoms with Gasteiger partial charge in [-0.15, -0.1) is 0 Å². The van der Waals surface area contributed by atoms with Crippen LogP contribution in [0.2, 0.25) is 0 Å². The summed E-state index contributed by atoms with van der Waals surface area (Å²) in [5.41, 5.74) is 1.89. The van der Waals surface area contributed by atoms with Crippen LogP contribution in [-0.4, -0.2) is 46.4 Å². The van der Waals surface area contributed by atoms with Crippen LogP contribution in [0.5, 0.6) is 5.75 Å². The average molecular weight is 626 g/mol. The van der Waals surface area contributed by atoms with E-state index in [4.69, 9.17) is 0 Å². The fourth-order valence-corrected chi connectivity index (χ4v) is 10.3. The van der Waals surface area contributed by atoms with E-state index in [0.717, 1.165) is 87.9 Å².